The van der Waals surface area contributed by atoms with Crippen molar-refractivity contribution in [3.63, 3.8) is 0 Å². The van der Waals surface area contributed by atoms with E-state index in [1.165, 1.54) is 0 Å². The van der Waals surface area contributed by atoms with E-state index in [4.69, 9.17) is 4.74 Å². The van der Waals surface area contributed by atoms with Crippen molar-refractivity contribution in [2.45, 2.75) is 19.4 Å². The van der Waals surface area contributed by atoms with Crippen molar-refractivity contribution in [3.8, 4) is 17.1 Å². The number of ether oxygens (including phenoxy) is 1. The molecule has 0 fully saturated rings. The van der Waals surface area contributed by atoms with Gasteiger partial charge in [-0.05, 0) is 25.1 Å². The molecule has 0 radical (unpaired) electrons. The van der Waals surface area contributed by atoms with E-state index < -0.39 is 12.0 Å². The monoisotopic (exact) mass is 338 g/mol. The number of carboxylic acids is 1. The summed E-state index contributed by atoms with van der Waals surface area (Å²) < 4.78 is 5.42. The molecule has 0 saturated heterocycles. The summed E-state index contributed by atoms with van der Waals surface area (Å²) in [6, 6.07) is 6.93. The molecule has 7 nitrogen and oxygen atoms in total. The second-order valence-corrected chi connectivity index (χ2v) is 6.09. The number of carboxylic acid groups (broad SMARTS) is 1. The van der Waals surface area contributed by atoms with Gasteiger partial charge in [0.15, 0.2) is 6.04 Å². The molecule has 3 N–H and O–H groups in total. The van der Waals surface area contributed by atoms with E-state index in [1.54, 1.807) is 7.11 Å². The van der Waals surface area contributed by atoms with E-state index in [9.17, 15) is 9.90 Å². The van der Waals surface area contributed by atoms with Crippen LogP contribution in [0.25, 0.3) is 22.3 Å². The minimum Gasteiger partial charge on any atom is -0.494 e. The van der Waals surface area contributed by atoms with Gasteiger partial charge >= 0.3 is 5.97 Å². The average molecular weight is 338 g/mol. The molecule has 1 unspecified atom stereocenters. The van der Waals surface area contributed by atoms with E-state index in [1.807, 2.05) is 31.2 Å². The molecule has 128 valence electrons. The Labute approximate surface area is 144 Å². The average Bonchev–Trinajstić information content (AvgIpc) is 3.04. The number of aromatic amines is 1. The number of rotatable bonds is 3. The van der Waals surface area contributed by atoms with Gasteiger partial charge in [0, 0.05) is 35.3 Å². The van der Waals surface area contributed by atoms with Crippen molar-refractivity contribution >= 4 is 16.9 Å². The second-order valence-electron chi connectivity index (χ2n) is 6.09. The first-order chi connectivity index (χ1) is 12.1. The van der Waals surface area contributed by atoms with Crippen molar-refractivity contribution in [2.75, 3.05) is 13.7 Å². The fourth-order valence-corrected chi connectivity index (χ4v) is 3.28. The Hall–Kier alpha value is -2.93. The van der Waals surface area contributed by atoms with E-state index >= 15 is 0 Å². The molecule has 7 heteroatoms. The zero-order valence-corrected chi connectivity index (χ0v) is 14.0. The number of nitrogens with zero attached hydrogens (tertiary/aromatic N) is 2. The second kappa shape index (κ2) is 5.86. The summed E-state index contributed by atoms with van der Waals surface area (Å²) in [5.74, 6) is 0.429. The Bertz CT molecular complexity index is 980. The summed E-state index contributed by atoms with van der Waals surface area (Å²) in [5, 5.41) is 13.3. The molecule has 4 rings (SSSR count). The van der Waals surface area contributed by atoms with Crippen LogP contribution < -0.4 is 10.1 Å². The quantitative estimate of drug-likeness (QED) is 0.677. The fourth-order valence-electron chi connectivity index (χ4n) is 3.28. The lowest BCUT2D eigenvalue weighted by atomic mass is 10.1. The molecule has 1 aliphatic rings. The van der Waals surface area contributed by atoms with Crippen LogP contribution in [0.2, 0.25) is 0 Å². The first kappa shape index (κ1) is 15.6. The molecule has 1 atom stereocenters. The zero-order chi connectivity index (χ0) is 17.6. The van der Waals surface area contributed by atoms with E-state index in [0.29, 0.717) is 23.8 Å². The highest BCUT2D eigenvalue weighted by atomic mass is 16.5. The van der Waals surface area contributed by atoms with E-state index in [0.717, 1.165) is 34.3 Å². The fraction of sp³-hybridized carbons (Fsp3) is 0.278. The first-order valence-electron chi connectivity index (χ1n) is 8.08. The van der Waals surface area contributed by atoms with Gasteiger partial charge in [0.1, 0.15) is 17.1 Å². The maximum absolute atomic E-state index is 11.5. The predicted octanol–water partition coefficient (Wildman–Crippen LogP) is 2.21. The van der Waals surface area contributed by atoms with Crippen LogP contribution in [0.1, 0.15) is 23.1 Å². The molecule has 25 heavy (non-hydrogen) atoms. The lowest BCUT2D eigenvalue weighted by Gasteiger charge is -2.18. The van der Waals surface area contributed by atoms with Gasteiger partial charge in [-0.1, -0.05) is 6.07 Å². The van der Waals surface area contributed by atoms with Gasteiger partial charge in [-0.3, -0.25) is 10.1 Å². The summed E-state index contributed by atoms with van der Waals surface area (Å²) in [5.41, 5.74) is 3.96. The van der Waals surface area contributed by atoms with Gasteiger partial charge in [-0.25, -0.2) is 9.97 Å². The molecule has 1 aliphatic heterocycles. The van der Waals surface area contributed by atoms with Crippen LogP contribution in [0.4, 0.5) is 0 Å². The molecular formula is C18H18N4O3. The van der Waals surface area contributed by atoms with Crippen molar-refractivity contribution in [1.29, 1.82) is 0 Å². The number of benzene rings is 1. The van der Waals surface area contributed by atoms with Crippen LogP contribution in [-0.2, 0) is 11.2 Å². The summed E-state index contributed by atoms with van der Waals surface area (Å²) in [4.78, 5) is 23.9. The summed E-state index contributed by atoms with van der Waals surface area (Å²) in [6.07, 6.45) is 0.720. The Kier molecular flexibility index (Phi) is 3.65. The molecule has 3 heterocycles. The minimum absolute atomic E-state index is 0.554. The maximum atomic E-state index is 11.5. The number of aryl methyl sites for hydroxylation is 1. The first-order valence-corrected chi connectivity index (χ1v) is 8.08. The van der Waals surface area contributed by atoms with Crippen molar-refractivity contribution < 1.29 is 14.6 Å². The molecule has 0 saturated carbocycles. The summed E-state index contributed by atoms with van der Waals surface area (Å²) >= 11 is 0. The van der Waals surface area contributed by atoms with Crippen molar-refractivity contribution in [3.05, 3.63) is 41.3 Å². The normalized spacial score (nSPS) is 16.6. The van der Waals surface area contributed by atoms with Gasteiger partial charge in [-0.15, -0.1) is 0 Å². The zero-order valence-electron chi connectivity index (χ0n) is 14.0. The Morgan fingerprint density at radius 1 is 1.28 bits per heavy atom. The highest BCUT2D eigenvalue weighted by molar-refractivity contribution is 5.96. The van der Waals surface area contributed by atoms with Gasteiger partial charge < -0.3 is 14.8 Å². The molecule has 1 aromatic carbocycles. The summed E-state index contributed by atoms with van der Waals surface area (Å²) in [6.45, 7) is 2.54. The van der Waals surface area contributed by atoms with Gasteiger partial charge in [-0.2, -0.15) is 0 Å². The third-order valence-electron chi connectivity index (χ3n) is 4.49. The molecular weight excluding hydrogens is 320 g/mol. The maximum Gasteiger partial charge on any atom is 0.327 e. The lowest BCUT2D eigenvalue weighted by molar-refractivity contribution is -0.139. The molecule has 2 aromatic heterocycles. The molecule has 0 spiro atoms. The number of carbonyl (C=O) groups is 1. The van der Waals surface area contributed by atoms with Crippen molar-refractivity contribution in [1.82, 2.24) is 20.3 Å². The number of hydrogen-bond acceptors (Lipinski definition) is 5. The van der Waals surface area contributed by atoms with E-state index in [2.05, 4.69) is 20.3 Å². The number of pyridine rings is 1. The number of methoxy groups -OCH3 is 1. The topological polar surface area (TPSA) is 100 Å². The van der Waals surface area contributed by atoms with Crippen LogP contribution in [0, 0.1) is 6.92 Å². The van der Waals surface area contributed by atoms with Crippen molar-refractivity contribution in [2.24, 2.45) is 0 Å². The largest absolute Gasteiger partial charge is 0.494 e. The van der Waals surface area contributed by atoms with E-state index in [-0.39, 0.29) is 0 Å². The Balaban J connectivity index is 1.90. The predicted molar refractivity (Wildman–Crippen MR) is 92.7 cm³/mol. The van der Waals surface area contributed by atoms with Gasteiger partial charge in [0.25, 0.3) is 0 Å². The minimum atomic E-state index is -0.920. The smallest absolute Gasteiger partial charge is 0.327 e. The molecule has 0 aliphatic carbocycles. The standard InChI is InChI=1S/C18H18N4O3/c1-9-3-4-10-11(5-6-13(25-2)14(10)20-9)17-21-12-7-8-19-16(18(23)24)15(12)22-17/h3-6,16,19H,7-8H2,1-2H3,(H,21,22)(H,23,24). The van der Waals surface area contributed by atoms with Gasteiger partial charge in [0.2, 0.25) is 0 Å². The molecule has 3 aromatic rings. The Morgan fingerprint density at radius 2 is 2.12 bits per heavy atom. The number of H-pyrrole nitrogens is 1. The number of fused-ring (bicyclic) bond motifs is 2. The third kappa shape index (κ3) is 2.53. The van der Waals surface area contributed by atoms with Gasteiger partial charge in [0.05, 0.1) is 12.8 Å². The summed E-state index contributed by atoms with van der Waals surface area (Å²) in [7, 11) is 1.62. The number of nitrogens with one attached hydrogen (secondary N) is 2. The van der Waals surface area contributed by atoms with Crippen LogP contribution in [-0.4, -0.2) is 39.7 Å². The van der Waals surface area contributed by atoms with Crippen LogP contribution in [0.5, 0.6) is 5.75 Å². The number of aliphatic carboxylic acids is 1. The van der Waals surface area contributed by atoms with Crippen LogP contribution >= 0.6 is 0 Å². The lowest BCUT2D eigenvalue weighted by Crippen LogP contribution is -2.35. The molecule has 0 bridgehead atoms. The highest BCUT2D eigenvalue weighted by Gasteiger charge is 2.29. The molecule has 0 amide bonds. The third-order valence-corrected chi connectivity index (χ3v) is 4.49. The van der Waals surface area contributed by atoms with Crippen LogP contribution in [0.3, 0.4) is 0 Å². The highest BCUT2D eigenvalue weighted by Crippen LogP contribution is 2.34. The number of imidazole rings is 1. The number of hydrogen-bond donors (Lipinski definition) is 3. The SMILES string of the molecule is COc1ccc(-c2nc3c([nH]2)CCNC3C(=O)O)c2ccc(C)nc12. The Morgan fingerprint density at radius 3 is 2.88 bits per heavy atom. The number of aromatic nitrogens is 3. The van der Waals surface area contributed by atoms with Crippen LogP contribution in [0.15, 0.2) is 24.3 Å².